The SMILES string of the molecule is COC(=O)[C@@H](CC(C)C)NCCCS(=O)(=O)O. The Labute approximate surface area is 102 Å². The second-order valence-electron chi connectivity index (χ2n) is 4.30. The first kappa shape index (κ1) is 16.3. The maximum Gasteiger partial charge on any atom is 0.322 e. The van der Waals surface area contributed by atoms with E-state index in [0.29, 0.717) is 18.9 Å². The monoisotopic (exact) mass is 267 g/mol. The van der Waals surface area contributed by atoms with Crippen LogP contribution in [0.25, 0.3) is 0 Å². The topological polar surface area (TPSA) is 92.7 Å². The Morgan fingerprint density at radius 1 is 1.41 bits per heavy atom. The smallest absolute Gasteiger partial charge is 0.322 e. The molecule has 0 aromatic rings. The van der Waals surface area contributed by atoms with Crippen molar-refractivity contribution in [2.75, 3.05) is 19.4 Å². The number of esters is 1. The number of ether oxygens (including phenoxy) is 1. The molecule has 0 aliphatic rings. The standard InChI is InChI=1S/C10H21NO5S/c1-8(2)7-9(10(12)16-3)11-5-4-6-17(13,14)15/h8-9,11H,4-7H2,1-3H3,(H,13,14,15)/t9-/m1/s1. The van der Waals surface area contributed by atoms with Crippen LogP contribution in [0.5, 0.6) is 0 Å². The molecule has 0 amide bonds. The molecule has 0 aromatic heterocycles. The summed E-state index contributed by atoms with van der Waals surface area (Å²) in [6.07, 6.45) is 0.878. The molecule has 2 N–H and O–H groups in total. The van der Waals surface area contributed by atoms with Gasteiger partial charge in [0.1, 0.15) is 6.04 Å². The van der Waals surface area contributed by atoms with Gasteiger partial charge in [-0.25, -0.2) is 0 Å². The van der Waals surface area contributed by atoms with Crippen LogP contribution < -0.4 is 5.32 Å². The molecule has 0 aromatic carbocycles. The van der Waals surface area contributed by atoms with Crippen LogP contribution in [0.4, 0.5) is 0 Å². The van der Waals surface area contributed by atoms with Gasteiger partial charge < -0.3 is 10.1 Å². The summed E-state index contributed by atoms with van der Waals surface area (Å²) in [5.74, 6) is -0.339. The highest BCUT2D eigenvalue weighted by atomic mass is 32.2. The Bertz CT molecular complexity index is 326. The molecule has 6 nitrogen and oxygen atoms in total. The van der Waals surface area contributed by atoms with Crippen molar-refractivity contribution in [2.24, 2.45) is 5.92 Å². The first-order valence-corrected chi connectivity index (χ1v) is 7.13. The van der Waals surface area contributed by atoms with Crippen molar-refractivity contribution >= 4 is 16.1 Å². The van der Waals surface area contributed by atoms with Crippen molar-refractivity contribution in [1.29, 1.82) is 0 Å². The molecule has 7 heteroatoms. The molecule has 0 spiro atoms. The van der Waals surface area contributed by atoms with Gasteiger partial charge in [0.25, 0.3) is 10.1 Å². The zero-order valence-electron chi connectivity index (χ0n) is 10.5. The molecule has 0 rings (SSSR count). The van der Waals surface area contributed by atoms with Gasteiger partial charge in [0.2, 0.25) is 0 Å². The average molecular weight is 267 g/mol. The average Bonchev–Trinajstić information content (AvgIpc) is 2.19. The van der Waals surface area contributed by atoms with Gasteiger partial charge in [0, 0.05) is 0 Å². The number of hydrogen-bond acceptors (Lipinski definition) is 5. The summed E-state index contributed by atoms with van der Waals surface area (Å²) >= 11 is 0. The normalized spacial score (nSPS) is 13.7. The number of nitrogens with one attached hydrogen (secondary N) is 1. The van der Waals surface area contributed by atoms with Crippen LogP contribution in [0.15, 0.2) is 0 Å². The third kappa shape index (κ3) is 9.08. The van der Waals surface area contributed by atoms with Crippen LogP contribution in [0.3, 0.4) is 0 Å². The van der Waals surface area contributed by atoms with E-state index < -0.39 is 16.2 Å². The van der Waals surface area contributed by atoms with E-state index in [1.807, 2.05) is 13.8 Å². The molecule has 102 valence electrons. The summed E-state index contributed by atoms with van der Waals surface area (Å²) in [4.78, 5) is 11.4. The molecule has 0 aliphatic carbocycles. The van der Waals surface area contributed by atoms with Crippen LogP contribution >= 0.6 is 0 Å². The van der Waals surface area contributed by atoms with Gasteiger partial charge in [-0.3, -0.25) is 9.35 Å². The Hall–Kier alpha value is -0.660. The first-order chi connectivity index (χ1) is 7.76. The number of carbonyl (C=O) groups is 1. The molecular weight excluding hydrogens is 246 g/mol. The van der Waals surface area contributed by atoms with Crippen molar-refractivity contribution in [2.45, 2.75) is 32.7 Å². The first-order valence-electron chi connectivity index (χ1n) is 5.52. The fourth-order valence-corrected chi connectivity index (χ4v) is 1.92. The van der Waals surface area contributed by atoms with E-state index in [1.54, 1.807) is 0 Å². The van der Waals surface area contributed by atoms with Gasteiger partial charge in [0.15, 0.2) is 0 Å². The third-order valence-corrected chi connectivity index (χ3v) is 2.97. The quantitative estimate of drug-likeness (QED) is 0.376. The van der Waals surface area contributed by atoms with Gasteiger partial charge in [-0.05, 0) is 25.3 Å². The minimum atomic E-state index is -3.93. The lowest BCUT2D eigenvalue weighted by Gasteiger charge is -2.18. The number of methoxy groups -OCH3 is 1. The van der Waals surface area contributed by atoms with Crippen LogP contribution in [0.1, 0.15) is 26.7 Å². The predicted octanol–water partition coefficient (Wildman–Crippen LogP) is 0.442. The van der Waals surface area contributed by atoms with Gasteiger partial charge in [0.05, 0.1) is 12.9 Å². The molecule has 0 unspecified atom stereocenters. The largest absolute Gasteiger partial charge is 0.468 e. The van der Waals surface area contributed by atoms with Crippen LogP contribution in [-0.4, -0.2) is 44.4 Å². The van der Waals surface area contributed by atoms with Gasteiger partial charge in [-0.2, -0.15) is 8.42 Å². The van der Waals surface area contributed by atoms with Gasteiger partial charge >= 0.3 is 5.97 Å². The molecule has 0 saturated carbocycles. The van der Waals surface area contributed by atoms with Crippen LogP contribution in [0, 0.1) is 5.92 Å². The molecule has 17 heavy (non-hydrogen) atoms. The Morgan fingerprint density at radius 2 is 2.00 bits per heavy atom. The number of rotatable bonds is 8. The van der Waals surface area contributed by atoms with E-state index in [0.717, 1.165) is 0 Å². The summed E-state index contributed by atoms with van der Waals surface area (Å²) in [5, 5.41) is 2.92. The van der Waals surface area contributed by atoms with Crippen molar-refractivity contribution in [3.05, 3.63) is 0 Å². The van der Waals surface area contributed by atoms with Crippen LogP contribution in [0.2, 0.25) is 0 Å². The third-order valence-electron chi connectivity index (χ3n) is 2.16. The van der Waals surface area contributed by atoms with E-state index in [-0.39, 0.29) is 18.1 Å². The minimum Gasteiger partial charge on any atom is -0.468 e. The molecule has 0 bridgehead atoms. The second-order valence-corrected chi connectivity index (χ2v) is 5.87. The summed E-state index contributed by atoms with van der Waals surface area (Å²) in [7, 11) is -2.61. The van der Waals surface area contributed by atoms with Crippen molar-refractivity contribution in [3.8, 4) is 0 Å². The summed E-state index contributed by atoms with van der Waals surface area (Å²) in [5.41, 5.74) is 0. The Kier molecular flexibility index (Phi) is 7.33. The fraction of sp³-hybridized carbons (Fsp3) is 0.900. The highest BCUT2D eigenvalue weighted by molar-refractivity contribution is 7.85. The Morgan fingerprint density at radius 3 is 2.41 bits per heavy atom. The maximum atomic E-state index is 11.4. The van der Waals surface area contributed by atoms with E-state index in [1.165, 1.54) is 7.11 Å². The van der Waals surface area contributed by atoms with Crippen molar-refractivity contribution in [3.63, 3.8) is 0 Å². The molecule has 1 atom stereocenters. The maximum absolute atomic E-state index is 11.4. The fourth-order valence-electron chi connectivity index (χ4n) is 1.41. The predicted molar refractivity (Wildman–Crippen MR) is 64.3 cm³/mol. The minimum absolute atomic E-state index is 0.254. The van der Waals surface area contributed by atoms with E-state index in [9.17, 15) is 13.2 Å². The zero-order valence-corrected chi connectivity index (χ0v) is 11.3. The zero-order chi connectivity index (χ0) is 13.5. The highest BCUT2D eigenvalue weighted by Gasteiger charge is 2.19. The van der Waals surface area contributed by atoms with E-state index >= 15 is 0 Å². The van der Waals surface area contributed by atoms with Gasteiger partial charge in [-0.15, -0.1) is 0 Å². The molecule has 0 saturated heterocycles. The van der Waals surface area contributed by atoms with Crippen LogP contribution in [-0.2, 0) is 19.6 Å². The molecule has 0 heterocycles. The lowest BCUT2D eigenvalue weighted by molar-refractivity contribution is -0.143. The molecule has 0 aliphatic heterocycles. The molecular formula is C10H21NO5S. The lowest BCUT2D eigenvalue weighted by Crippen LogP contribution is -2.39. The van der Waals surface area contributed by atoms with E-state index in [4.69, 9.17) is 4.55 Å². The lowest BCUT2D eigenvalue weighted by atomic mass is 10.0. The van der Waals surface area contributed by atoms with E-state index in [2.05, 4.69) is 10.1 Å². The summed E-state index contributed by atoms with van der Waals surface area (Å²) in [6, 6.07) is -0.429. The Balaban J connectivity index is 4.04. The second kappa shape index (κ2) is 7.62. The highest BCUT2D eigenvalue weighted by Crippen LogP contribution is 2.06. The molecule has 0 radical (unpaired) electrons. The molecule has 0 fully saturated rings. The summed E-state index contributed by atoms with van der Waals surface area (Å²) < 4.78 is 34.1. The van der Waals surface area contributed by atoms with Gasteiger partial charge in [-0.1, -0.05) is 13.8 Å². The number of carbonyl (C=O) groups excluding carboxylic acids is 1. The van der Waals surface area contributed by atoms with Crippen molar-refractivity contribution in [1.82, 2.24) is 5.32 Å². The summed E-state index contributed by atoms with van der Waals surface area (Å²) in [6.45, 7) is 4.30. The number of hydrogen-bond donors (Lipinski definition) is 2. The van der Waals surface area contributed by atoms with Crippen molar-refractivity contribution < 1.29 is 22.5 Å².